The van der Waals surface area contributed by atoms with Crippen LogP contribution in [0.3, 0.4) is 0 Å². The van der Waals surface area contributed by atoms with Gasteiger partial charge in [0.05, 0.1) is 0 Å². The van der Waals surface area contributed by atoms with E-state index >= 15 is 0 Å². The van der Waals surface area contributed by atoms with Crippen LogP contribution in [0.25, 0.3) is 0 Å². The Hall–Kier alpha value is -1.35. The number of hydrogen-bond acceptors (Lipinski definition) is 0. The monoisotopic (exact) mass is 558 g/mol. The van der Waals surface area contributed by atoms with E-state index < -0.39 is 24.9 Å². The van der Waals surface area contributed by atoms with E-state index in [1.54, 1.807) is 13.1 Å². The van der Waals surface area contributed by atoms with Crippen LogP contribution in [0, 0.1) is 0 Å². The first kappa shape index (κ1) is 17.5. The van der Waals surface area contributed by atoms with Crippen LogP contribution in [0.5, 0.6) is 0 Å². The molecule has 3 aromatic rings. The first-order valence-electron chi connectivity index (χ1n) is 8.16. The Kier molecular flexibility index (Phi) is 5.93. The SMILES string of the molecule is C/[CH]=[Pt](=[CH]\C)/[AsH](c1ccccc1)(c1ccccc1)c1ccccc1. The fourth-order valence-electron chi connectivity index (χ4n) is 3.17. The van der Waals surface area contributed by atoms with E-state index in [4.69, 9.17) is 0 Å². The second-order valence-corrected chi connectivity index (χ2v) is 31.4. The number of hydrogen-bond donors (Lipinski definition) is 0. The molecule has 24 heavy (non-hydrogen) atoms. The van der Waals surface area contributed by atoms with Crippen molar-refractivity contribution < 1.29 is 14.1 Å². The topological polar surface area (TPSA) is 0 Å². The predicted molar refractivity (Wildman–Crippen MR) is 109 cm³/mol. The second-order valence-electron chi connectivity index (χ2n) is 5.36. The van der Waals surface area contributed by atoms with Crippen molar-refractivity contribution >= 4 is 32.7 Å². The molecule has 0 radical (unpaired) electrons. The molecular formula is C22H24AsPt. The standard InChI is InChI=1S/C18H16As.2C2H4.Pt/c1-4-10-16(11-5-1)19(17-12-6-2-7-13-17)18-14-8-3-9-15-18;2*1-2;/h1-15,19H;2*1H,2H3;/q+1;;;-1. The molecule has 0 aromatic heterocycles. The van der Waals surface area contributed by atoms with Crippen molar-refractivity contribution in [3.63, 3.8) is 0 Å². The Bertz CT molecular complexity index is 755. The fraction of sp³-hybridized carbons (Fsp3) is 0.0909. The van der Waals surface area contributed by atoms with Gasteiger partial charge in [0, 0.05) is 0 Å². The molecule has 3 aromatic carbocycles. The summed E-state index contributed by atoms with van der Waals surface area (Å²) in [5.41, 5.74) is 0. The summed E-state index contributed by atoms with van der Waals surface area (Å²) >= 11 is -1.41. The van der Waals surface area contributed by atoms with Gasteiger partial charge in [-0.2, -0.15) is 0 Å². The number of rotatable bonds is 4. The molecule has 0 heterocycles. The molecule has 0 fully saturated rings. The predicted octanol–water partition coefficient (Wildman–Crippen LogP) is 2.65. The van der Waals surface area contributed by atoms with Crippen LogP contribution in [0.15, 0.2) is 91.0 Å². The molecule has 2 heteroatoms. The van der Waals surface area contributed by atoms with Gasteiger partial charge in [-0.1, -0.05) is 0 Å². The third kappa shape index (κ3) is 3.11. The van der Waals surface area contributed by atoms with Crippen molar-refractivity contribution in [1.29, 1.82) is 0 Å². The first-order valence-corrected chi connectivity index (χ1v) is 20.5. The van der Waals surface area contributed by atoms with E-state index in [0.717, 1.165) is 0 Å². The fourth-order valence-corrected chi connectivity index (χ4v) is 40.4. The molecule has 0 nitrogen and oxygen atoms in total. The zero-order valence-electron chi connectivity index (χ0n) is 14.1. The average Bonchev–Trinajstić information content (AvgIpc) is 2.68. The quantitative estimate of drug-likeness (QED) is 0.433. The molecule has 0 bridgehead atoms. The van der Waals surface area contributed by atoms with Gasteiger partial charge in [-0.3, -0.25) is 0 Å². The van der Waals surface area contributed by atoms with Crippen LogP contribution < -0.4 is 13.1 Å². The summed E-state index contributed by atoms with van der Waals surface area (Å²) in [6.45, 7) is 4.56. The summed E-state index contributed by atoms with van der Waals surface area (Å²) in [7, 11) is -2.69. The maximum absolute atomic E-state index is 2.69. The molecule has 0 saturated heterocycles. The molecule has 0 N–H and O–H groups in total. The summed E-state index contributed by atoms with van der Waals surface area (Å²) in [4.78, 5) is 0. The summed E-state index contributed by atoms with van der Waals surface area (Å²) < 4.78 is 9.85. The van der Waals surface area contributed by atoms with Crippen LogP contribution in [0.2, 0.25) is 0 Å². The summed E-state index contributed by atoms with van der Waals surface area (Å²) in [6.07, 6.45) is 0. The van der Waals surface area contributed by atoms with Crippen molar-refractivity contribution in [2.24, 2.45) is 0 Å². The van der Waals surface area contributed by atoms with Crippen molar-refractivity contribution in [2.75, 3.05) is 0 Å². The van der Waals surface area contributed by atoms with E-state index in [0.29, 0.717) is 0 Å². The van der Waals surface area contributed by atoms with Crippen molar-refractivity contribution in [1.82, 2.24) is 0 Å². The molecule has 0 atom stereocenters. The van der Waals surface area contributed by atoms with E-state index in [1.807, 2.05) is 0 Å². The van der Waals surface area contributed by atoms with Crippen LogP contribution in [-0.4, -0.2) is 19.6 Å². The minimum atomic E-state index is -2.69. The molecule has 0 amide bonds. The Labute approximate surface area is 151 Å². The van der Waals surface area contributed by atoms with Gasteiger partial charge < -0.3 is 0 Å². The average molecular weight is 558 g/mol. The molecule has 0 aliphatic rings. The van der Waals surface area contributed by atoms with Crippen LogP contribution >= 0.6 is 0 Å². The Balaban J connectivity index is 2.47. The van der Waals surface area contributed by atoms with Crippen molar-refractivity contribution in [2.45, 2.75) is 13.8 Å². The second kappa shape index (κ2) is 8.15. The maximum atomic E-state index is 2.55. The van der Waals surface area contributed by atoms with E-state index in [2.05, 4.69) is 114 Å². The molecule has 3 rings (SSSR count). The van der Waals surface area contributed by atoms with Gasteiger partial charge in [0.25, 0.3) is 0 Å². The van der Waals surface area contributed by atoms with E-state index in [-0.39, 0.29) is 0 Å². The third-order valence-corrected chi connectivity index (χ3v) is 41.7. The molecular weight excluding hydrogens is 534 g/mol. The van der Waals surface area contributed by atoms with Gasteiger partial charge in [-0.15, -0.1) is 0 Å². The van der Waals surface area contributed by atoms with Gasteiger partial charge in [0.2, 0.25) is 0 Å². The molecule has 0 saturated carbocycles. The summed E-state index contributed by atoms with van der Waals surface area (Å²) in [5.74, 6) is 0. The van der Waals surface area contributed by atoms with Crippen LogP contribution in [-0.2, 0) is 14.1 Å². The van der Waals surface area contributed by atoms with Crippen molar-refractivity contribution in [3.8, 4) is 0 Å². The Morgan fingerprint density at radius 3 is 1.08 bits per heavy atom. The molecule has 0 aliphatic carbocycles. The summed E-state index contributed by atoms with van der Waals surface area (Å²) in [6, 6.07) is 33.9. The van der Waals surface area contributed by atoms with Gasteiger partial charge in [-0.25, -0.2) is 0 Å². The van der Waals surface area contributed by atoms with Gasteiger partial charge in [0.1, 0.15) is 0 Å². The minimum absolute atomic E-state index is 1.41. The van der Waals surface area contributed by atoms with Gasteiger partial charge in [-0.05, 0) is 0 Å². The Morgan fingerprint density at radius 1 is 0.542 bits per heavy atom. The van der Waals surface area contributed by atoms with E-state index in [9.17, 15) is 0 Å². The molecule has 0 aliphatic heterocycles. The normalized spacial score (nSPS) is 14.5. The zero-order chi connectivity index (χ0) is 16.8. The number of benzene rings is 3. The van der Waals surface area contributed by atoms with Crippen LogP contribution in [0.1, 0.15) is 13.8 Å². The zero-order valence-corrected chi connectivity index (χ0v) is 18.5. The first-order chi connectivity index (χ1) is 11.8. The van der Waals surface area contributed by atoms with Crippen LogP contribution in [0.4, 0.5) is 0 Å². The van der Waals surface area contributed by atoms with Gasteiger partial charge in [0.15, 0.2) is 0 Å². The summed E-state index contributed by atoms with van der Waals surface area (Å²) in [5, 5.41) is 0. The third-order valence-electron chi connectivity index (χ3n) is 4.13. The van der Waals surface area contributed by atoms with Crippen molar-refractivity contribution in [3.05, 3.63) is 91.0 Å². The molecule has 0 unspecified atom stereocenters. The molecule has 0 spiro atoms. The van der Waals surface area contributed by atoms with Gasteiger partial charge >= 0.3 is 152 Å². The van der Waals surface area contributed by atoms with E-state index in [1.165, 1.54) is 0 Å². The molecule has 127 valence electrons. The Morgan fingerprint density at radius 2 is 0.833 bits per heavy atom.